The molecule has 21 heavy (non-hydrogen) atoms. The first-order valence-corrected chi connectivity index (χ1v) is 8.80. The first-order valence-electron chi connectivity index (χ1n) is 7.99. The number of benzene rings is 1. The molecule has 0 spiro atoms. The lowest BCUT2D eigenvalue weighted by Gasteiger charge is -2.10. The van der Waals surface area contributed by atoms with Gasteiger partial charge in [0.05, 0.1) is 11.3 Å². The third-order valence-electron chi connectivity index (χ3n) is 4.12. The maximum Gasteiger partial charge on any atom is 0.184 e. The lowest BCUT2D eigenvalue weighted by molar-refractivity contribution is 0.318. The quantitative estimate of drug-likeness (QED) is 0.838. The molecule has 1 aliphatic carbocycles. The van der Waals surface area contributed by atoms with Gasteiger partial charge in [0.25, 0.3) is 0 Å². The van der Waals surface area contributed by atoms with Crippen LogP contribution in [0.15, 0.2) is 6.07 Å². The van der Waals surface area contributed by atoms with Crippen LogP contribution in [0.5, 0.6) is 5.75 Å². The van der Waals surface area contributed by atoms with E-state index in [2.05, 4.69) is 32.2 Å². The Bertz CT molecular complexity index is 629. The van der Waals surface area contributed by atoms with E-state index >= 15 is 0 Å². The molecule has 0 saturated heterocycles. The van der Waals surface area contributed by atoms with Crippen LogP contribution in [0.3, 0.4) is 0 Å². The fourth-order valence-electron chi connectivity index (χ4n) is 3.08. The highest BCUT2D eigenvalue weighted by Crippen LogP contribution is 2.38. The summed E-state index contributed by atoms with van der Waals surface area (Å²) in [5.41, 5.74) is 3.51. The fourth-order valence-corrected chi connectivity index (χ4v) is 4.09. The number of thiazole rings is 1. The Morgan fingerprint density at radius 2 is 2.05 bits per heavy atom. The van der Waals surface area contributed by atoms with E-state index in [1.165, 1.54) is 41.5 Å². The topological polar surface area (TPSA) is 34.1 Å². The molecule has 0 unspecified atom stereocenters. The van der Waals surface area contributed by atoms with E-state index in [4.69, 9.17) is 9.72 Å². The van der Waals surface area contributed by atoms with E-state index in [0.717, 1.165) is 29.4 Å². The van der Waals surface area contributed by atoms with E-state index in [1.807, 2.05) is 0 Å². The summed E-state index contributed by atoms with van der Waals surface area (Å²) in [4.78, 5) is 4.83. The van der Waals surface area contributed by atoms with Gasteiger partial charge in [-0.1, -0.05) is 37.2 Å². The van der Waals surface area contributed by atoms with Crippen LogP contribution in [-0.4, -0.2) is 17.6 Å². The van der Waals surface area contributed by atoms with Crippen molar-refractivity contribution in [1.82, 2.24) is 4.98 Å². The molecule has 0 bridgehead atoms. The van der Waals surface area contributed by atoms with Crippen LogP contribution < -0.4 is 10.1 Å². The average Bonchev–Trinajstić information content (AvgIpc) is 3.09. The Kier molecular flexibility index (Phi) is 4.34. The monoisotopic (exact) mass is 304 g/mol. The number of nitrogens with one attached hydrogen (secondary N) is 1. The number of ether oxygens (including phenoxy) is 1. The molecule has 3 rings (SSSR count). The van der Waals surface area contributed by atoms with Gasteiger partial charge in [-0.15, -0.1) is 0 Å². The number of fused-ring (bicyclic) bond motifs is 1. The lowest BCUT2D eigenvalue weighted by atomic mass is 10.1. The zero-order valence-electron chi connectivity index (χ0n) is 13.2. The molecular weight excluding hydrogens is 280 g/mol. The number of aromatic nitrogens is 1. The van der Waals surface area contributed by atoms with Gasteiger partial charge in [0, 0.05) is 6.04 Å². The third kappa shape index (κ3) is 3.00. The van der Waals surface area contributed by atoms with Crippen molar-refractivity contribution in [3.63, 3.8) is 0 Å². The van der Waals surface area contributed by atoms with Gasteiger partial charge >= 0.3 is 0 Å². The minimum Gasteiger partial charge on any atom is -0.491 e. The molecule has 3 nitrogen and oxygen atoms in total. The van der Waals surface area contributed by atoms with Crippen molar-refractivity contribution in [3.8, 4) is 5.75 Å². The standard InChI is InChI=1S/C17H24N2OS/c1-4-9-20-15-11(2)10-12(3)16-14(15)19-17(21-16)18-13-7-5-6-8-13/h10,13H,4-9H2,1-3H3,(H,18,19). The summed E-state index contributed by atoms with van der Waals surface area (Å²) in [6.07, 6.45) is 6.24. The van der Waals surface area contributed by atoms with Crippen LogP contribution in [0.25, 0.3) is 10.2 Å². The van der Waals surface area contributed by atoms with Gasteiger partial charge in [-0.2, -0.15) is 0 Å². The van der Waals surface area contributed by atoms with Crippen LogP contribution in [-0.2, 0) is 0 Å². The van der Waals surface area contributed by atoms with Crippen LogP contribution in [0.2, 0.25) is 0 Å². The minimum atomic E-state index is 0.604. The molecule has 1 heterocycles. The molecule has 4 heteroatoms. The molecule has 0 aliphatic heterocycles. The highest BCUT2D eigenvalue weighted by Gasteiger charge is 2.19. The van der Waals surface area contributed by atoms with Gasteiger partial charge in [0.15, 0.2) is 5.13 Å². The van der Waals surface area contributed by atoms with E-state index < -0.39 is 0 Å². The van der Waals surface area contributed by atoms with Gasteiger partial charge in [0.2, 0.25) is 0 Å². The van der Waals surface area contributed by atoms with E-state index in [9.17, 15) is 0 Å². The van der Waals surface area contributed by atoms with Crippen molar-refractivity contribution in [3.05, 3.63) is 17.2 Å². The predicted molar refractivity (Wildman–Crippen MR) is 90.8 cm³/mol. The van der Waals surface area contributed by atoms with Crippen LogP contribution >= 0.6 is 11.3 Å². The molecule has 114 valence electrons. The van der Waals surface area contributed by atoms with Gasteiger partial charge in [-0.3, -0.25) is 0 Å². The van der Waals surface area contributed by atoms with Gasteiger partial charge < -0.3 is 10.1 Å². The van der Waals surface area contributed by atoms with Crippen molar-refractivity contribution in [2.24, 2.45) is 0 Å². The smallest absolute Gasteiger partial charge is 0.184 e. The van der Waals surface area contributed by atoms with Crippen molar-refractivity contribution < 1.29 is 4.74 Å². The van der Waals surface area contributed by atoms with E-state index in [-0.39, 0.29) is 0 Å². The Balaban J connectivity index is 1.95. The first kappa shape index (κ1) is 14.6. The number of hydrogen-bond donors (Lipinski definition) is 1. The normalized spacial score (nSPS) is 15.8. The van der Waals surface area contributed by atoms with Crippen molar-refractivity contribution in [1.29, 1.82) is 0 Å². The molecule has 0 atom stereocenters. The van der Waals surface area contributed by atoms with E-state index in [1.54, 1.807) is 11.3 Å². The van der Waals surface area contributed by atoms with Crippen molar-refractivity contribution in [2.75, 3.05) is 11.9 Å². The summed E-state index contributed by atoms with van der Waals surface area (Å²) in [7, 11) is 0. The molecule has 0 amide bonds. The Labute approximate surface area is 130 Å². The number of anilines is 1. The highest BCUT2D eigenvalue weighted by molar-refractivity contribution is 7.22. The molecule has 0 radical (unpaired) electrons. The second-order valence-corrected chi connectivity index (χ2v) is 7.01. The summed E-state index contributed by atoms with van der Waals surface area (Å²) < 4.78 is 7.21. The maximum atomic E-state index is 5.95. The molecule has 1 saturated carbocycles. The summed E-state index contributed by atoms with van der Waals surface area (Å²) in [5.74, 6) is 0.966. The SMILES string of the molecule is CCCOc1c(C)cc(C)c2sc(NC3CCCC3)nc12. The van der Waals surface area contributed by atoms with Crippen molar-refractivity contribution in [2.45, 2.75) is 58.9 Å². The predicted octanol–water partition coefficient (Wildman–Crippen LogP) is 5.06. The average molecular weight is 304 g/mol. The van der Waals surface area contributed by atoms with Crippen LogP contribution in [0.1, 0.15) is 50.2 Å². The van der Waals surface area contributed by atoms with Gasteiger partial charge in [0.1, 0.15) is 11.3 Å². The summed E-state index contributed by atoms with van der Waals surface area (Å²) >= 11 is 1.76. The second kappa shape index (κ2) is 6.22. The third-order valence-corrected chi connectivity index (χ3v) is 5.25. The Morgan fingerprint density at radius 3 is 2.76 bits per heavy atom. The number of aryl methyl sites for hydroxylation is 2. The minimum absolute atomic E-state index is 0.604. The molecular formula is C17H24N2OS. The zero-order valence-corrected chi connectivity index (χ0v) is 14.0. The number of rotatable bonds is 5. The van der Waals surface area contributed by atoms with E-state index in [0.29, 0.717) is 6.04 Å². The summed E-state index contributed by atoms with van der Waals surface area (Å²) in [5, 5.41) is 4.66. The second-order valence-electron chi connectivity index (χ2n) is 6.01. The van der Waals surface area contributed by atoms with Crippen LogP contribution in [0, 0.1) is 13.8 Å². The lowest BCUT2D eigenvalue weighted by Crippen LogP contribution is -2.13. The largest absolute Gasteiger partial charge is 0.491 e. The molecule has 2 aromatic rings. The number of hydrogen-bond acceptors (Lipinski definition) is 4. The van der Waals surface area contributed by atoms with Crippen molar-refractivity contribution >= 4 is 26.7 Å². The van der Waals surface area contributed by atoms with Gasteiger partial charge in [-0.05, 0) is 44.2 Å². The molecule has 1 aliphatic rings. The fraction of sp³-hybridized carbons (Fsp3) is 0.588. The number of nitrogens with zero attached hydrogens (tertiary/aromatic N) is 1. The first-order chi connectivity index (χ1) is 10.2. The Morgan fingerprint density at radius 1 is 1.29 bits per heavy atom. The molecule has 1 aromatic heterocycles. The molecule has 1 N–H and O–H groups in total. The maximum absolute atomic E-state index is 5.95. The molecule has 1 aromatic carbocycles. The molecule has 1 fully saturated rings. The Hall–Kier alpha value is -1.29. The summed E-state index contributed by atoms with van der Waals surface area (Å²) in [6, 6.07) is 2.82. The highest BCUT2D eigenvalue weighted by atomic mass is 32.1. The zero-order chi connectivity index (χ0) is 14.8. The van der Waals surface area contributed by atoms with Crippen LogP contribution in [0.4, 0.5) is 5.13 Å². The van der Waals surface area contributed by atoms with Gasteiger partial charge in [-0.25, -0.2) is 4.98 Å². The summed E-state index contributed by atoms with van der Waals surface area (Å²) in [6.45, 7) is 7.16.